The lowest BCUT2D eigenvalue weighted by Crippen LogP contribution is -2.10. The standard InChI is InChI=1S/C17H14BrNO/c18-16-12-6-1-3-8-14(12)19-10-5-11-20-15-9-4-2-7-13(15)17(16)19/h1-4,6-9H,5,10-11H2. The van der Waals surface area contributed by atoms with E-state index in [4.69, 9.17) is 4.74 Å². The second-order valence-electron chi connectivity index (χ2n) is 5.03. The molecule has 0 N–H and O–H groups in total. The predicted molar refractivity (Wildman–Crippen MR) is 85.2 cm³/mol. The average Bonchev–Trinajstić information content (AvgIpc) is 2.74. The van der Waals surface area contributed by atoms with Crippen molar-refractivity contribution in [1.82, 2.24) is 4.57 Å². The van der Waals surface area contributed by atoms with Gasteiger partial charge in [0.25, 0.3) is 0 Å². The first-order chi connectivity index (χ1) is 9.86. The molecule has 1 aliphatic heterocycles. The molecule has 0 atom stereocenters. The Morgan fingerprint density at radius 3 is 2.75 bits per heavy atom. The van der Waals surface area contributed by atoms with E-state index in [9.17, 15) is 0 Å². The third-order valence-electron chi connectivity index (χ3n) is 3.83. The fourth-order valence-corrected chi connectivity index (χ4v) is 3.71. The molecule has 20 heavy (non-hydrogen) atoms. The number of benzene rings is 2. The molecule has 0 aliphatic carbocycles. The zero-order valence-electron chi connectivity index (χ0n) is 11.0. The van der Waals surface area contributed by atoms with Crippen LogP contribution in [0.2, 0.25) is 0 Å². The van der Waals surface area contributed by atoms with Crippen LogP contribution in [0.4, 0.5) is 0 Å². The van der Waals surface area contributed by atoms with Crippen molar-refractivity contribution in [2.75, 3.05) is 6.61 Å². The molecule has 0 radical (unpaired) electrons. The van der Waals surface area contributed by atoms with Gasteiger partial charge in [-0.15, -0.1) is 0 Å². The number of rotatable bonds is 0. The highest BCUT2D eigenvalue weighted by atomic mass is 79.9. The molecule has 0 fully saturated rings. The smallest absolute Gasteiger partial charge is 0.128 e. The minimum atomic E-state index is 0.764. The summed E-state index contributed by atoms with van der Waals surface area (Å²) in [6, 6.07) is 16.8. The van der Waals surface area contributed by atoms with Gasteiger partial charge in [-0.1, -0.05) is 30.3 Å². The van der Waals surface area contributed by atoms with E-state index in [1.807, 2.05) is 6.07 Å². The van der Waals surface area contributed by atoms with Crippen molar-refractivity contribution in [2.45, 2.75) is 13.0 Å². The largest absolute Gasteiger partial charge is 0.493 e. The molecule has 100 valence electrons. The fourth-order valence-electron chi connectivity index (χ4n) is 2.95. The van der Waals surface area contributed by atoms with Crippen LogP contribution < -0.4 is 4.74 Å². The minimum absolute atomic E-state index is 0.764. The molecule has 4 rings (SSSR count). The number of hydrogen-bond donors (Lipinski definition) is 0. The summed E-state index contributed by atoms with van der Waals surface area (Å²) in [7, 11) is 0. The van der Waals surface area contributed by atoms with Crippen LogP contribution in [0.15, 0.2) is 53.0 Å². The highest BCUT2D eigenvalue weighted by molar-refractivity contribution is 9.10. The van der Waals surface area contributed by atoms with Gasteiger partial charge < -0.3 is 9.30 Å². The van der Waals surface area contributed by atoms with Crippen LogP contribution in [0.1, 0.15) is 6.42 Å². The van der Waals surface area contributed by atoms with Crippen molar-refractivity contribution in [2.24, 2.45) is 0 Å². The van der Waals surface area contributed by atoms with Crippen molar-refractivity contribution in [3.63, 3.8) is 0 Å². The third-order valence-corrected chi connectivity index (χ3v) is 4.64. The van der Waals surface area contributed by atoms with Gasteiger partial charge in [0.1, 0.15) is 5.75 Å². The zero-order valence-corrected chi connectivity index (χ0v) is 12.6. The lowest BCUT2D eigenvalue weighted by atomic mass is 10.1. The van der Waals surface area contributed by atoms with Crippen LogP contribution >= 0.6 is 15.9 Å². The Kier molecular flexibility index (Phi) is 2.81. The molecule has 3 heteroatoms. The van der Waals surface area contributed by atoms with E-state index in [0.717, 1.165) is 35.4 Å². The predicted octanol–water partition coefficient (Wildman–Crippen LogP) is 4.85. The first-order valence-electron chi connectivity index (χ1n) is 6.85. The van der Waals surface area contributed by atoms with Gasteiger partial charge in [-0.3, -0.25) is 0 Å². The van der Waals surface area contributed by atoms with Gasteiger partial charge in [-0.25, -0.2) is 0 Å². The van der Waals surface area contributed by atoms with Gasteiger partial charge in [0, 0.05) is 23.0 Å². The van der Waals surface area contributed by atoms with Crippen LogP contribution in [0, 0.1) is 0 Å². The maximum atomic E-state index is 5.90. The molecular weight excluding hydrogens is 314 g/mol. The maximum Gasteiger partial charge on any atom is 0.128 e. The number of hydrogen-bond acceptors (Lipinski definition) is 1. The van der Waals surface area contributed by atoms with Crippen molar-refractivity contribution in [3.8, 4) is 17.0 Å². The highest BCUT2D eigenvalue weighted by Crippen LogP contribution is 2.42. The molecule has 1 aromatic heterocycles. The molecule has 3 aromatic rings. The summed E-state index contributed by atoms with van der Waals surface area (Å²) in [5, 5.41) is 1.26. The van der Waals surface area contributed by atoms with Crippen LogP contribution in [-0.4, -0.2) is 11.2 Å². The molecule has 0 bridgehead atoms. The number of nitrogens with zero attached hydrogens (tertiary/aromatic N) is 1. The van der Waals surface area contributed by atoms with Gasteiger partial charge in [0.15, 0.2) is 0 Å². The number of para-hydroxylation sites is 2. The molecule has 1 aliphatic rings. The van der Waals surface area contributed by atoms with E-state index in [0.29, 0.717) is 0 Å². The second-order valence-corrected chi connectivity index (χ2v) is 5.82. The average molecular weight is 328 g/mol. The Hall–Kier alpha value is -1.74. The van der Waals surface area contributed by atoms with Crippen LogP contribution in [0.5, 0.6) is 5.75 Å². The number of aromatic nitrogens is 1. The lowest BCUT2D eigenvalue weighted by molar-refractivity contribution is 0.300. The van der Waals surface area contributed by atoms with Crippen molar-refractivity contribution >= 4 is 26.8 Å². The van der Waals surface area contributed by atoms with E-state index >= 15 is 0 Å². The Balaban J connectivity index is 2.12. The summed E-state index contributed by atoms with van der Waals surface area (Å²) in [6.45, 7) is 1.75. The number of fused-ring (bicyclic) bond motifs is 5. The summed E-state index contributed by atoms with van der Waals surface area (Å²) in [6.07, 6.45) is 1.02. The number of halogens is 1. The minimum Gasteiger partial charge on any atom is -0.493 e. The summed E-state index contributed by atoms with van der Waals surface area (Å²) >= 11 is 3.79. The Morgan fingerprint density at radius 2 is 1.80 bits per heavy atom. The SMILES string of the molecule is Brc1c2n(c3ccccc13)CCCOc1ccccc1-2. The maximum absolute atomic E-state index is 5.90. The van der Waals surface area contributed by atoms with Crippen LogP contribution in [0.3, 0.4) is 0 Å². The lowest BCUT2D eigenvalue weighted by Gasteiger charge is -2.18. The molecule has 2 aromatic carbocycles. The summed E-state index contributed by atoms with van der Waals surface area (Å²) in [5.41, 5.74) is 3.67. The van der Waals surface area contributed by atoms with Gasteiger partial charge in [-0.05, 0) is 40.5 Å². The monoisotopic (exact) mass is 327 g/mol. The first-order valence-corrected chi connectivity index (χ1v) is 7.64. The molecule has 0 spiro atoms. The molecule has 2 nitrogen and oxygen atoms in total. The first kappa shape index (κ1) is 12.0. The zero-order chi connectivity index (χ0) is 13.5. The normalized spacial score (nSPS) is 14.1. The fraction of sp³-hybridized carbons (Fsp3) is 0.176. The summed E-state index contributed by atoms with van der Waals surface area (Å²) in [4.78, 5) is 0. The summed E-state index contributed by atoms with van der Waals surface area (Å²) in [5.74, 6) is 0.969. The Labute approximate surface area is 126 Å². The van der Waals surface area contributed by atoms with E-state index in [-0.39, 0.29) is 0 Å². The van der Waals surface area contributed by atoms with Crippen molar-refractivity contribution in [3.05, 3.63) is 53.0 Å². The molecule has 2 heterocycles. The molecule has 0 saturated carbocycles. The van der Waals surface area contributed by atoms with Crippen molar-refractivity contribution < 1.29 is 4.74 Å². The van der Waals surface area contributed by atoms with Gasteiger partial charge in [0.05, 0.1) is 16.8 Å². The Morgan fingerprint density at radius 1 is 1.00 bits per heavy atom. The van der Waals surface area contributed by atoms with Crippen LogP contribution in [0.25, 0.3) is 22.2 Å². The molecule has 0 unspecified atom stereocenters. The number of aryl methyl sites for hydroxylation is 1. The molecular formula is C17H14BrNO. The molecule has 0 amide bonds. The quantitative estimate of drug-likeness (QED) is 0.575. The summed E-state index contributed by atoms with van der Waals surface area (Å²) < 4.78 is 9.46. The van der Waals surface area contributed by atoms with Crippen molar-refractivity contribution in [1.29, 1.82) is 0 Å². The van der Waals surface area contributed by atoms with E-state index in [1.165, 1.54) is 16.6 Å². The van der Waals surface area contributed by atoms with Gasteiger partial charge in [0.2, 0.25) is 0 Å². The highest BCUT2D eigenvalue weighted by Gasteiger charge is 2.20. The van der Waals surface area contributed by atoms with E-state index in [1.54, 1.807) is 0 Å². The van der Waals surface area contributed by atoms with Gasteiger partial charge in [-0.2, -0.15) is 0 Å². The van der Waals surface area contributed by atoms with Gasteiger partial charge >= 0.3 is 0 Å². The second kappa shape index (κ2) is 4.67. The number of ether oxygens (including phenoxy) is 1. The van der Waals surface area contributed by atoms with E-state index in [2.05, 4.69) is 63.0 Å². The molecule has 0 saturated heterocycles. The third kappa shape index (κ3) is 1.70. The van der Waals surface area contributed by atoms with Crippen LogP contribution in [-0.2, 0) is 6.54 Å². The topological polar surface area (TPSA) is 14.2 Å². The van der Waals surface area contributed by atoms with E-state index < -0.39 is 0 Å². The Bertz CT molecular complexity index is 791.